The maximum Gasteiger partial charge on any atom is 0.222 e. The molecule has 0 saturated carbocycles. The standard InChI is InChI=1S/C15H30N2O/c1-12(11-15(2,3)4)10-14(18)17(5)13-6-8-16-9-7-13/h12-13,16H,6-11H2,1-5H3. The maximum atomic E-state index is 12.2. The van der Waals surface area contributed by atoms with Gasteiger partial charge in [0.1, 0.15) is 0 Å². The van der Waals surface area contributed by atoms with E-state index in [1.54, 1.807) is 0 Å². The van der Waals surface area contributed by atoms with Crippen molar-refractivity contribution in [1.29, 1.82) is 0 Å². The monoisotopic (exact) mass is 254 g/mol. The first kappa shape index (κ1) is 15.5. The second kappa shape index (κ2) is 6.55. The number of hydrogen-bond donors (Lipinski definition) is 1. The van der Waals surface area contributed by atoms with Crippen molar-refractivity contribution in [1.82, 2.24) is 10.2 Å². The van der Waals surface area contributed by atoms with Crippen molar-refractivity contribution < 1.29 is 4.79 Å². The van der Waals surface area contributed by atoms with Crippen LogP contribution in [0, 0.1) is 11.3 Å². The van der Waals surface area contributed by atoms with E-state index in [0.717, 1.165) is 32.4 Å². The molecule has 1 unspecified atom stereocenters. The van der Waals surface area contributed by atoms with Crippen molar-refractivity contribution in [2.45, 2.75) is 59.4 Å². The van der Waals surface area contributed by atoms with Gasteiger partial charge < -0.3 is 10.2 Å². The summed E-state index contributed by atoms with van der Waals surface area (Å²) in [7, 11) is 1.97. The molecular weight excluding hydrogens is 224 g/mol. The molecular formula is C15H30N2O. The lowest BCUT2D eigenvalue weighted by Gasteiger charge is -2.33. The molecule has 0 aliphatic carbocycles. The van der Waals surface area contributed by atoms with Gasteiger partial charge in [-0.25, -0.2) is 0 Å². The van der Waals surface area contributed by atoms with E-state index >= 15 is 0 Å². The highest BCUT2D eigenvalue weighted by Crippen LogP contribution is 2.26. The van der Waals surface area contributed by atoms with Gasteiger partial charge in [-0.2, -0.15) is 0 Å². The van der Waals surface area contributed by atoms with Crippen molar-refractivity contribution >= 4 is 5.91 Å². The minimum atomic E-state index is 0.313. The first-order chi connectivity index (χ1) is 8.29. The van der Waals surface area contributed by atoms with Gasteiger partial charge in [0, 0.05) is 19.5 Å². The number of rotatable bonds is 4. The normalized spacial score (nSPS) is 19.6. The van der Waals surface area contributed by atoms with Crippen LogP contribution in [0.3, 0.4) is 0 Å². The van der Waals surface area contributed by atoms with E-state index in [1.807, 2.05) is 11.9 Å². The smallest absolute Gasteiger partial charge is 0.222 e. The van der Waals surface area contributed by atoms with Crippen LogP contribution in [0.5, 0.6) is 0 Å². The SMILES string of the molecule is CC(CC(=O)N(C)C1CCNCC1)CC(C)(C)C. The zero-order chi connectivity index (χ0) is 13.8. The molecule has 3 heteroatoms. The van der Waals surface area contributed by atoms with Gasteiger partial charge in [0.15, 0.2) is 0 Å². The Hall–Kier alpha value is -0.570. The van der Waals surface area contributed by atoms with Crippen LogP contribution in [0.15, 0.2) is 0 Å². The Kier molecular flexibility index (Phi) is 5.64. The second-order valence-electron chi connectivity index (χ2n) is 7.06. The highest BCUT2D eigenvalue weighted by molar-refractivity contribution is 5.76. The number of amides is 1. The predicted octanol–water partition coefficient (Wildman–Crippen LogP) is 2.66. The van der Waals surface area contributed by atoms with E-state index in [0.29, 0.717) is 29.7 Å². The Morgan fingerprint density at radius 3 is 2.39 bits per heavy atom. The first-order valence-corrected chi connectivity index (χ1v) is 7.26. The second-order valence-corrected chi connectivity index (χ2v) is 7.06. The van der Waals surface area contributed by atoms with Crippen molar-refractivity contribution in [2.24, 2.45) is 11.3 Å². The molecule has 0 radical (unpaired) electrons. The van der Waals surface area contributed by atoms with Crippen molar-refractivity contribution in [3.05, 3.63) is 0 Å². The average Bonchev–Trinajstić information content (AvgIpc) is 2.26. The Balaban J connectivity index is 2.39. The molecule has 1 aliphatic rings. The first-order valence-electron chi connectivity index (χ1n) is 7.26. The van der Waals surface area contributed by atoms with Gasteiger partial charge in [-0.05, 0) is 43.7 Å². The van der Waals surface area contributed by atoms with Crippen LogP contribution >= 0.6 is 0 Å². The van der Waals surface area contributed by atoms with Crippen LogP contribution < -0.4 is 5.32 Å². The molecule has 1 fully saturated rings. The van der Waals surface area contributed by atoms with Gasteiger partial charge in [0.2, 0.25) is 5.91 Å². The number of nitrogens with zero attached hydrogens (tertiary/aromatic N) is 1. The molecule has 1 heterocycles. The molecule has 1 aliphatic heterocycles. The lowest BCUT2D eigenvalue weighted by atomic mass is 9.84. The van der Waals surface area contributed by atoms with E-state index in [2.05, 4.69) is 33.0 Å². The van der Waals surface area contributed by atoms with Crippen LogP contribution in [0.4, 0.5) is 0 Å². The minimum absolute atomic E-state index is 0.313. The Labute approximate surface area is 112 Å². The Morgan fingerprint density at radius 1 is 1.33 bits per heavy atom. The third kappa shape index (κ3) is 5.38. The summed E-state index contributed by atoms with van der Waals surface area (Å²) in [4.78, 5) is 14.2. The quantitative estimate of drug-likeness (QED) is 0.836. The number of carbonyl (C=O) groups excluding carboxylic acids is 1. The van der Waals surface area contributed by atoms with Crippen molar-refractivity contribution in [3.8, 4) is 0 Å². The van der Waals surface area contributed by atoms with E-state index in [-0.39, 0.29) is 0 Å². The van der Waals surface area contributed by atoms with Crippen LogP contribution in [0.2, 0.25) is 0 Å². The van der Waals surface area contributed by atoms with Crippen LogP contribution in [0.25, 0.3) is 0 Å². The summed E-state index contributed by atoms with van der Waals surface area (Å²) in [5.41, 5.74) is 0.313. The summed E-state index contributed by atoms with van der Waals surface area (Å²) in [6.45, 7) is 11.0. The van der Waals surface area contributed by atoms with Gasteiger partial charge in [0.25, 0.3) is 0 Å². The van der Waals surface area contributed by atoms with E-state index < -0.39 is 0 Å². The fourth-order valence-electron chi connectivity index (χ4n) is 2.96. The van der Waals surface area contributed by atoms with E-state index in [1.165, 1.54) is 0 Å². The fraction of sp³-hybridized carbons (Fsp3) is 0.933. The molecule has 0 bridgehead atoms. The molecule has 1 rings (SSSR count). The van der Waals surface area contributed by atoms with Crippen molar-refractivity contribution in [2.75, 3.05) is 20.1 Å². The van der Waals surface area contributed by atoms with Crippen LogP contribution in [0.1, 0.15) is 53.4 Å². The Morgan fingerprint density at radius 2 is 1.89 bits per heavy atom. The summed E-state index contributed by atoms with van der Waals surface area (Å²) < 4.78 is 0. The zero-order valence-electron chi connectivity index (χ0n) is 12.8. The zero-order valence-corrected chi connectivity index (χ0v) is 12.8. The Bertz CT molecular complexity index is 264. The largest absolute Gasteiger partial charge is 0.343 e. The van der Waals surface area contributed by atoms with Gasteiger partial charge >= 0.3 is 0 Å². The summed E-state index contributed by atoms with van der Waals surface area (Å²) in [6, 6.07) is 0.445. The predicted molar refractivity (Wildman–Crippen MR) is 76.5 cm³/mol. The molecule has 1 saturated heterocycles. The summed E-state index contributed by atoms with van der Waals surface area (Å²) in [5.74, 6) is 0.792. The van der Waals surface area contributed by atoms with Crippen LogP contribution in [-0.4, -0.2) is 37.0 Å². The fourth-order valence-corrected chi connectivity index (χ4v) is 2.96. The molecule has 18 heavy (non-hydrogen) atoms. The van der Waals surface area contributed by atoms with Gasteiger partial charge in [-0.15, -0.1) is 0 Å². The van der Waals surface area contributed by atoms with Crippen LogP contribution in [-0.2, 0) is 4.79 Å². The molecule has 3 nitrogen and oxygen atoms in total. The molecule has 0 spiro atoms. The highest BCUT2D eigenvalue weighted by Gasteiger charge is 2.24. The molecule has 106 valence electrons. The summed E-state index contributed by atoms with van der Waals surface area (Å²) >= 11 is 0. The number of hydrogen-bond acceptors (Lipinski definition) is 2. The van der Waals surface area contributed by atoms with Gasteiger partial charge in [0.05, 0.1) is 0 Å². The third-order valence-corrected chi connectivity index (χ3v) is 3.73. The minimum Gasteiger partial charge on any atom is -0.343 e. The molecule has 0 aromatic heterocycles. The highest BCUT2D eigenvalue weighted by atomic mass is 16.2. The summed E-state index contributed by atoms with van der Waals surface area (Å²) in [6.07, 6.45) is 3.99. The molecule has 0 aromatic rings. The number of piperidine rings is 1. The molecule has 1 amide bonds. The van der Waals surface area contributed by atoms with E-state index in [4.69, 9.17) is 0 Å². The summed E-state index contributed by atoms with van der Waals surface area (Å²) in [5, 5.41) is 3.34. The lowest BCUT2D eigenvalue weighted by Crippen LogP contribution is -2.44. The molecule has 0 aromatic carbocycles. The third-order valence-electron chi connectivity index (χ3n) is 3.73. The molecule has 1 N–H and O–H groups in total. The lowest BCUT2D eigenvalue weighted by molar-refractivity contribution is -0.133. The molecule has 1 atom stereocenters. The van der Waals surface area contributed by atoms with E-state index in [9.17, 15) is 4.79 Å². The number of nitrogens with one attached hydrogen (secondary N) is 1. The maximum absolute atomic E-state index is 12.2. The van der Waals surface area contributed by atoms with Gasteiger partial charge in [-0.3, -0.25) is 4.79 Å². The average molecular weight is 254 g/mol. The van der Waals surface area contributed by atoms with Crippen molar-refractivity contribution in [3.63, 3.8) is 0 Å². The van der Waals surface area contributed by atoms with Gasteiger partial charge in [-0.1, -0.05) is 27.7 Å². The topological polar surface area (TPSA) is 32.3 Å². The number of carbonyl (C=O) groups is 1.